The molecule has 1 N–H and O–H groups in total. The first-order chi connectivity index (χ1) is 13.5. The normalized spacial score (nSPS) is 12.4. The Hall–Kier alpha value is -2.85. The molecule has 0 fully saturated rings. The van der Waals surface area contributed by atoms with Crippen LogP contribution in [0.4, 0.5) is 18.9 Å². The first-order valence-electron chi connectivity index (χ1n) is 8.09. The summed E-state index contributed by atoms with van der Waals surface area (Å²) in [6, 6.07) is 5.87. The van der Waals surface area contributed by atoms with Crippen molar-refractivity contribution in [2.75, 3.05) is 13.7 Å². The van der Waals surface area contributed by atoms with Gasteiger partial charge in [-0.2, -0.15) is 13.2 Å². The molecule has 2 rings (SSSR count). The minimum absolute atomic E-state index is 0.0177. The van der Waals surface area contributed by atoms with Crippen LogP contribution in [0.25, 0.3) is 0 Å². The van der Waals surface area contributed by atoms with Crippen LogP contribution in [0.3, 0.4) is 0 Å². The Balaban J connectivity index is 2.42. The van der Waals surface area contributed by atoms with Crippen molar-refractivity contribution in [2.45, 2.75) is 18.5 Å². The summed E-state index contributed by atoms with van der Waals surface area (Å²) < 4.78 is 48.5. The van der Waals surface area contributed by atoms with Crippen LogP contribution >= 0.6 is 11.6 Å². The first-order valence-corrected chi connectivity index (χ1v) is 8.47. The van der Waals surface area contributed by atoms with Gasteiger partial charge in [-0.1, -0.05) is 11.6 Å². The van der Waals surface area contributed by atoms with Crippen LogP contribution in [-0.2, 0) is 15.7 Å². The average molecular weight is 434 g/mol. The molecule has 0 saturated carbocycles. The zero-order valence-corrected chi connectivity index (χ0v) is 15.7. The van der Waals surface area contributed by atoms with E-state index in [1.54, 1.807) is 0 Å². The molecular weight excluding hydrogens is 419 g/mol. The van der Waals surface area contributed by atoms with Crippen LogP contribution in [0.1, 0.15) is 23.5 Å². The lowest BCUT2D eigenvalue weighted by atomic mass is 9.94. The van der Waals surface area contributed by atoms with Gasteiger partial charge in [0, 0.05) is 25.3 Å². The minimum atomic E-state index is -4.58. The molecule has 0 aliphatic heterocycles. The van der Waals surface area contributed by atoms with Crippen molar-refractivity contribution in [2.24, 2.45) is 0 Å². The van der Waals surface area contributed by atoms with Crippen molar-refractivity contribution in [1.82, 2.24) is 0 Å². The van der Waals surface area contributed by atoms with E-state index in [9.17, 15) is 33.2 Å². The Morgan fingerprint density at radius 2 is 1.97 bits per heavy atom. The summed E-state index contributed by atoms with van der Waals surface area (Å²) in [7, 11) is 1.36. The number of ether oxygens (including phenoxy) is 2. The predicted octanol–water partition coefficient (Wildman–Crippen LogP) is 5.26. The quantitative estimate of drug-likeness (QED) is 0.450. The van der Waals surface area contributed by atoms with Crippen LogP contribution in [0.5, 0.6) is 11.5 Å². The van der Waals surface area contributed by atoms with Gasteiger partial charge >= 0.3 is 12.1 Å². The maximum atomic E-state index is 12.7. The SMILES string of the molecule is COCCC(C(=O)O)c1cc(Oc2ccc(C(F)(F)F)cc2Cl)ccc1[N+](=O)[O-]. The molecule has 0 aromatic heterocycles. The van der Waals surface area contributed by atoms with Crippen LogP contribution in [0.15, 0.2) is 36.4 Å². The molecule has 11 heteroatoms. The lowest BCUT2D eigenvalue weighted by Crippen LogP contribution is -2.15. The van der Waals surface area contributed by atoms with Crippen molar-refractivity contribution in [3.63, 3.8) is 0 Å². The third kappa shape index (κ3) is 5.58. The highest BCUT2D eigenvalue weighted by molar-refractivity contribution is 6.32. The molecule has 29 heavy (non-hydrogen) atoms. The lowest BCUT2D eigenvalue weighted by molar-refractivity contribution is -0.385. The molecule has 1 atom stereocenters. The number of alkyl halides is 3. The minimum Gasteiger partial charge on any atom is -0.481 e. The van der Waals surface area contributed by atoms with Gasteiger partial charge in [-0.3, -0.25) is 14.9 Å². The van der Waals surface area contributed by atoms with Gasteiger partial charge in [0.25, 0.3) is 5.69 Å². The summed E-state index contributed by atoms with van der Waals surface area (Å²) in [6.07, 6.45) is -4.62. The number of aliphatic carboxylic acids is 1. The van der Waals surface area contributed by atoms with E-state index >= 15 is 0 Å². The first kappa shape index (κ1) is 22.4. The monoisotopic (exact) mass is 433 g/mol. The fourth-order valence-electron chi connectivity index (χ4n) is 2.58. The third-order valence-corrected chi connectivity index (χ3v) is 4.26. The molecule has 1 unspecified atom stereocenters. The molecule has 0 aliphatic rings. The fourth-order valence-corrected chi connectivity index (χ4v) is 2.80. The topological polar surface area (TPSA) is 98.9 Å². The molecule has 0 aliphatic carbocycles. The van der Waals surface area contributed by atoms with Gasteiger partial charge in [0.1, 0.15) is 11.5 Å². The molecular formula is C18H15ClF3NO6. The molecule has 2 aromatic carbocycles. The molecule has 0 heterocycles. The number of benzene rings is 2. The van der Waals surface area contributed by atoms with Crippen LogP contribution < -0.4 is 4.74 Å². The van der Waals surface area contributed by atoms with Gasteiger partial charge in [0.15, 0.2) is 0 Å². The molecule has 0 amide bonds. The number of hydrogen-bond acceptors (Lipinski definition) is 5. The average Bonchev–Trinajstić information content (AvgIpc) is 2.62. The Bertz CT molecular complexity index is 919. The van der Waals surface area contributed by atoms with E-state index in [0.29, 0.717) is 6.07 Å². The number of rotatable bonds is 8. The fraction of sp³-hybridized carbons (Fsp3) is 0.278. The zero-order valence-electron chi connectivity index (χ0n) is 14.9. The van der Waals surface area contributed by atoms with Crippen molar-refractivity contribution in [3.05, 3.63) is 62.7 Å². The molecule has 2 aromatic rings. The molecule has 0 spiro atoms. The van der Waals surface area contributed by atoms with Crippen LogP contribution in [-0.4, -0.2) is 29.7 Å². The molecule has 0 bridgehead atoms. The van der Waals surface area contributed by atoms with Gasteiger partial charge < -0.3 is 14.6 Å². The van der Waals surface area contributed by atoms with Crippen molar-refractivity contribution in [1.29, 1.82) is 0 Å². The highest BCUT2D eigenvalue weighted by atomic mass is 35.5. The number of methoxy groups -OCH3 is 1. The zero-order chi connectivity index (χ0) is 21.8. The van der Waals surface area contributed by atoms with E-state index in [4.69, 9.17) is 21.1 Å². The predicted molar refractivity (Wildman–Crippen MR) is 96.5 cm³/mol. The Morgan fingerprint density at radius 3 is 2.48 bits per heavy atom. The second kappa shape index (κ2) is 9.10. The number of nitro groups is 1. The number of nitro benzene ring substituents is 1. The third-order valence-electron chi connectivity index (χ3n) is 3.97. The summed E-state index contributed by atoms with van der Waals surface area (Å²) in [6.45, 7) is 0.0456. The number of carboxylic acid groups (broad SMARTS) is 1. The van der Waals surface area contributed by atoms with Gasteiger partial charge in [-0.05, 0) is 36.8 Å². The molecule has 156 valence electrons. The van der Waals surface area contributed by atoms with E-state index in [1.165, 1.54) is 13.2 Å². The van der Waals surface area contributed by atoms with Crippen LogP contribution in [0, 0.1) is 10.1 Å². The summed E-state index contributed by atoms with van der Waals surface area (Å²) in [5.74, 6) is -2.68. The van der Waals surface area contributed by atoms with Gasteiger partial charge in [-0.15, -0.1) is 0 Å². The second-order valence-electron chi connectivity index (χ2n) is 5.90. The standard InChI is InChI=1S/C18H15ClF3NO6/c1-28-7-6-12(17(24)25)13-9-11(3-4-15(13)23(26)27)29-16-5-2-10(8-14(16)19)18(20,21)22/h2-5,8-9,12H,6-7H2,1H3,(H,24,25). The number of hydrogen-bond donors (Lipinski definition) is 1. The number of carboxylic acids is 1. The number of halogens is 4. The summed E-state index contributed by atoms with van der Waals surface area (Å²) in [5.41, 5.74) is -1.52. The highest BCUT2D eigenvalue weighted by Gasteiger charge is 2.31. The molecule has 0 saturated heterocycles. The maximum Gasteiger partial charge on any atom is 0.416 e. The lowest BCUT2D eigenvalue weighted by Gasteiger charge is -2.15. The highest BCUT2D eigenvalue weighted by Crippen LogP contribution is 2.38. The van der Waals surface area contributed by atoms with E-state index in [-0.39, 0.29) is 35.1 Å². The van der Waals surface area contributed by atoms with E-state index in [0.717, 1.165) is 24.3 Å². The van der Waals surface area contributed by atoms with Crippen molar-refractivity contribution in [3.8, 4) is 11.5 Å². The van der Waals surface area contributed by atoms with Crippen LogP contribution in [0.2, 0.25) is 5.02 Å². The smallest absolute Gasteiger partial charge is 0.416 e. The summed E-state index contributed by atoms with van der Waals surface area (Å²) in [4.78, 5) is 22.2. The Labute approximate surface area is 167 Å². The molecule has 7 nitrogen and oxygen atoms in total. The van der Waals surface area contributed by atoms with E-state index in [2.05, 4.69) is 0 Å². The van der Waals surface area contributed by atoms with Crippen molar-refractivity contribution >= 4 is 23.3 Å². The summed E-state index contributed by atoms with van der Waals surface area (Å²) in [5, 5.41) is 20.4. The van der Waals surface area contributed by atoms with Gasteiger partial charge in [0.2, 0.25) is 0 Å². The van der Waals surface area contributed by atoms with E-state index in [1.807, 2.05) is 0 Å². The van der Waals surface area contributed by atoms with E-state index < -0.39 is 34.2 Å². The van der Waals surface area contributed by atoms with Crippen molar-refractivity contribution < 1.29 is 37.5 Å². The summed E-state index contributed by atoms with van der Waals surface area (Å²) >= 11 is 5.84. The van der Waals surface area contributed by atoms with Gasteiger partial charge in [-0.25, -0.2) is 0 Å². The Kier molecular flexibility index (Phi) is 7.04. The maximum absolute atomic E-state index is 12.7. The Morgan fingerprint density at radius 1 is 1.28 bits per heavy atom. The number of nitrogens with zero attached hydrogens (tertiary/aromatic N) is 1. The second-order valence-corrected chi connectivity index (χ2v) is 6.30. The largest absolute Gasteiger partial charge is 0.481 e. The number of carbonyl (C=O) groups is 1. The van der Waals surface area contributed by atoms with Gasteiger partial charge in [0.05, 0.1) is 21.4 Å². The molecule has 0 radical (unpaired) electrons.